The van der Waals surface area contributed by atoms with Gasteiger partial charge < -0.3 is 5.11 Å². The van der Waals surface area contributed by atoms with Crippen LogP contribution in [0, 0.1) is 6.92 Å². The fraction of sp³-hybridized carbons (Fsp3) is 0.143. The number of amides is 1. The van der Waals surface area contributed by atoms with E-state index in [1.54, 1.807) is 6.92 Å². The van der Waals surface area contributed by atoms with Gasteiger partial charge in [-0.1, -0.05) is 29.8 Å². The normalized spacial score (nSPS) is 16.3. The highest BCUT2D eigenvalue weighted by molar-refractivity contribution is 7.14. The van der Waals surface area contributed by atoms with Crippen LogP contribution in [0.5, 0.6) is 0 Å². The number of carboxylic acid groups (broad SMARTS) is 1. The number of anilines is 1. The summed E-state index contributed by atoms with van der Waals surface area (Å²) in [5, 5.41) is 25.0. The Kier molecular flexibility index (Phi) is 5.20. The molecule has 4 rings (SSSR count). The Bertz CT molecular complexity index is 1170. The zero-order valence-corrected chi connectivity index (χ0v) is 17.0. The van der Waals surface area contributed by atoms with Gasteiger partial charge in [0.25, 0.3) is 5.91 Å². The highest BCUT2D eigenvalue weighted by atomic mass is 32.1. The van der Waals surface area contributed by atoms with E-state index in [1.807, 2.05) is 36.6 Å². The Morgan fingerprint density at radius 2 is 1.80 bits per heavy atom. The van der Waals surface area contributed by atoms with Crippen LogP contribution in [0.25, 0.3) is 11.3 Å². The van der Waals surface area contributed by atoms with Crippen molar-refractivity contribution in [2.75, 3.05) is 5.01 Å². The Hall–Kier alpha value is -3.72. The fourth-order valence-electron chi connectivity index (χ4n) is 2.84. The second-order valence-corrected chi connectivity index (χ2v) is 7.58. The predicted molar refractivity (Wildman–Crippen MR) is 115 cm³/mol. The molecule has 0 fully saturated rings. The van der Waals surface area contributed by atoms with E-state index in [0.29, 0.717) is 16.5 Å². The van der Waals surface area contributed by atoms with Crippen LogP contribution >= 0.6 is 11.3 Å². The third-order valence-electron chi connectivity index (χ3n) is 4.52. The van der Waals surface area contributed by atoms with Crippen molar-refractivity contribution in [1.82, 2.24) is 4.98 Å². The van der Waals surface area contributed by atoms with E-state index in [1.165, 1.54) is 40.6 Å². The Morgan fingerprint density at radius 3 is 2.47 bits per heavy atom. The van der Waals surface area contributed by atoms with E-state index < -0.39 is 12.0 Å². The maximum absolute atomic E-state index is 12.8. The highest BCUT2D eigenvalue weighted by Crippen LogP contribution is 2.30. The summed E-state index contributed by atoms with van der Waals surface area (Å²) in [6.07, 6.45) is 0. The van der Waals surface area contributed by atoms with Crippen LogP contribution < -0.4 is 5.01 Å². The van der Waals surface area contributed by atoms with Crippen LogP contribution in [-0.4, -0.2) is 33.7 Å². The number of hydrogen-bond acceptors (Lipinski definition) is 7. The molecule has 9 heteroatoms. The Labute approximate surface area is 176 Å². The van der Waals surface area contributed by atoms with Crippen molar-refractivity contribution in [2.24, 2.45) is 15.3 Å². The van der Waals surface area contributed by atoms with Gasteiger partial charge in [0.2, 0.25) is 5.13 Å². The summed E-state index contributed by atoms with van der Waals surface area (Å²) in [5.74, 6) is -1.35. The lowest BCUT2D eigenvalue weighted by Crippen LogP contribution is -2.29. The minimum absolute atomic E-state index is 0.156. The molecule has 0 bridgehead atoms. The SMILES string of the molecule is CC1=NN(c2nc(-c3ccc(C)cc3)cs2)C(=O)C1N=Nc1ccc(C(=O)O)cc1. The van der Waals surface area contributed by atoms with Crippen molar-refractivity contribution < 1.29 is 14.7 Å². The standard InChI is InChI=1S/C21H17N5O3S/c1-12-3-5-14(6-4-12)17-11-30-21(22-17)26-19(27)18(13(2)25-26)24-23-16-9-7-15(8-10-16)20(28)29/h3-11,18H,1-2H3,(H,28,29). The van der Waals surface area contributed by atoms with E-state index in [4.69, 9.17) is 5.11 Å². The van der Waals surface area contributed by atoms with E-state index in [0.717, 1.165) is 16.8 Å². The van der Waals surface area contributed by atoms with Crippen molar-refractivity contribution in [3.05, 3.63) is 65.0 Å². The summed E-state index contributed by atoms with van der Waals surface area (Å²) in [6.45, 7) is 3.73. The lowest BCUT2D eigenvalue weighted by atomic mass is 10.1. The average Bonchev–Trinajstić information content (AvgIpc) is 3.32. The minimum atomic E-state index is -1.02. The summed E-state index contributed by atoms with van der Waals surface area (Å²) in [4.78, 5) is 28.3. The number of rotatable bonds is 5. The number of hydrogen-bond donors (Lipinski definition) is 1. The van der Waals surface area contributed by atoms with Crippen molar-refractivity contribution in [3.8, 4) is 11.3 Å². The average molecular weight is 419 g/mol. The largest absolute Gasteiger partial charge is 0.478 e. The summed E-state index contributed by atoms with van der Waals surface area (Å²) in [6, 6.07) is 13.1. The van der Waals surface area contributed by atoms with Gasteiger partial charge in [-0.15, -0.1) is 11.3 Å². The minimum Gasteiger partial charge on any atom is -0.478 e. The number of aryl methyl sites for hydroxylation is 1. The zero-order chi connectivity index (χ0) is 21.3. The van der Waals surface area contributed by atoms with Gasteiger partial charge in [-0.3, -0.25) is 4.79 Å². The van der Waals surface area contributed by atoms with Gasteiger partial charge in [0.15, 0.2) is 6.04 Å². The van der Waals surface area contributed by atoms with Gasteiger partial charge in [0, 0.05) is 10.9 Å². The van der Waals surface area contributed by atoms with Crippen LogP contribution in [0.4, 0.5) is 10.8 Å². The maximum atomic E-state index is 12.8. The molecule has 30 heavy (non-hydrogen) atoms. The molecule has 2 aromatic carbocycles. The number of benzene rings is 2. The highest BCUT2D eigenvalue weighted by Gasteiger charge is 2.36. The topological polar surface area (TPSA) is 108 Å². The number of aromatic carboxylic acids is 1. The molecule has 0 spiro atoms. The van der Waals surface area contributed by atoms with Crippen LogP contribution in [0.3, 0.4) is 0 Å². The van der Waals surface area contributed by atoms with Crippen LogP contribution in [0.15, 0.2) is 69.2 Å². The molecule has 1 atom stereocenters. The Balaban J connectivity index is 1.51. The van der Waals surface area contributed by atoms with Gasteiger partial charge in [0.1, 0.15) is 0 Å². The molecule has 2 heterocycles. The summed E-state index contributed by atoms with van der Waals surface area (Å²) in [5.41, 5.74) is 4.03. The van der Waals surface area contributed by atoms with E-state index >= 15 is 0 Å². The lowest BCUT2D eigenvalue weighted by molar-refractivity contribution is -0.117. The van der Waals surface area contributed by atoms with Crippen molar-refractivity contribution >= 4 is 39.7 Å². The van der Waals surface area contributed by atoms with Crippen molar-refractivity contribution in [2.45, 2.75) is 19.9 Å². The number of carbonyl (C=O) groups is 2. The van der Waals surface area contributed by atoms with E-state index in [2.05, 4.69) is 20.3 Å². The van der Waals surface area contributed by atoms with Gasteiger partial charge in [-0.05, 0) is 38.1 Å². The molecule has 1 amide bonds. The first-order valence-corrected chi connectivity index (χ1v) is 9.96. The van der Waals surface area contributed by atoms with Crippen LogP contribution in [-0.2, 0) is 4.79 Å². The fourth-order valence-corrected chi connectivity index (χ4v) is 3.63. The maximum Gasteiger partial charge on any atom is 0.335 e. The second-order valence-electron chi connectivity index (χ2n) is 6.74. The molecule has 0 radical (unpaired) electrons. The van der Waals surface area contributed by atoms with Crippen molar-refractivity contribution in [1.29, 1.82) is 0 Å². The molecule has 8 nitrogen and oxygen atoms in total. The first-order valence-electron chi connectivity index (χ1n) is 9.08. The second kappa shape index (κ2) is 7.96. The number of aromatic nitrogens is 1. The molecule has 0 saturated heterocycles. The third kappa shape index (κ3) is 3.87. The molecule has 150 valence electrons. The predicted octanol–water partition coefficient (Wildman–Crippen LogP) is 4.69. The summed E-state index contributed by atoms with van der Waals surface area (Å²) >= 11 is 1.33. The van der Waals surface area contributed by atoms with Gasteiger partial charge in [0.05, 0.1) is 22.7 Å². The van der Waals surface area contributed by atoms with Gasteiger partial charge in [-0.2, -0.15) is 20.3 Å². The summed E-state index contributed by atoms with van der Waals surface area (Å²) < 4.78 is 0. The molecule has 0 saturated carbocycles. The first-order chi connectivity index (χ1) is 14.4. The van der Waals surface area contributed by atoms with Gasteiger partial charge in [-0.25, -0.2) is 9.78 Å². The first kappa shape index (κ1) is 19.6. The molecule has 1 unspecified atom stereocenters. The smallest absolute Gasteiger partial charge is 0.335 e. The molecule has 0 aliphatic carbocycles. The van der Waals surface area contributed by atoms with Crippen LogP contribution in [0.2, 0.25) is 0 Å². The molecule has 1 N–H and O–H groups in total. The van der Waals surface area contributed by atoms with Crippen molar-refractivity contribution in [3.63, 3.8) is 0 Å². The number of azo groups is 1. The number of carbonyl (C=O) groups excluding carboxylic acids is 1. The number of hydrazone groups is 1. The lowest BCUT2D eigenvalue weighted by Gasteiger charge is -2.08. The molecular formula is C21H17N5O3S. The monoisotopic (exact) mass is 419 g/mol. The molecule has 1 aromatic heterocycles. The quantitative estimate of drug-likeness (QED) is 0.605. The zero-order valence-electron chi connectivity index (χ0n) is 16.2. The number of carboxylic acids is 1. The molecular weight excluding hydrogens is 402 g/mol. The molecule has 3 aromatic rings. The third-order valence-corrected chi connectivity index (χ3v) is 5.34. The van der Waals surface area contributed by atoms with E-state index in [9.17, 15) is 9.59 Å². The van der Waals surface area contributed by atoms with Crippen LogP contribution in [0.1, 0.15) is 22.8 Å². The summed E-state index contributed by atoms with van der Waals surface area (Å²) in [7, 11) is 0. The molecule has 1 aliphatic rings. The number of thiazole rings is 1. The Morgan fingerprint density at radius 1 is 1.10 bits per heavy atom. The number of nitrogens with zero attached hydrogens (tertiary/aromatic N) is 5. The van der Waals surface area contributed by atoms with Gasteiger partial charge >= 0.3 is 5.97 Å². The van der Waals surface area contributed by atoms with E-state index in [-0.39, 0.29) is 11.5 Å². The molecule has 1 aliphatic heterocycles.